The topological polar surface area (TPSA) is 35.2 Å². The van der Waals surface area contributed by atoms with Gasteiger partial charge in [0, 0.05) is 4.47 Å². The lowest BCUT2D eigenvalue weighted by Gasteiger charge is -2.13. The number of hydrogen-bond donors (Lipinski definition) is 1. The van der Waals surface area contributed by atoms with Gasteiger partial charge in [0.2, 0.25) is 0 Å². The first-order valence-electron chi connectivity index (χ1n) is 6.10. The summed E-state index contributed by atoms with van der Waals surface area (Å²) in [7, 11) is 0. The van der Waals surface area contributed by atoms with E-state index in [0.717, 1.165) is 27.7 Å². The number of nitrogen functional groups attached to an aromatic ring is 1. The number of halogens is 4. The molecule has 0 aromatic heterocycles. The zero-order valence-corrected chi connectivity index (χ0v) is 13.0. The molecule has 0 saturated carbocycles. The Morgan fingerprint density at radius 1 is 1.05 bits per heavy atom. The average molecular weight is 360 g/mol. The quantitative estimate of drug-likeness (QED) is 0.722. The molecule has 0 aliphatic heterocycles. The van der Waals surface area contributed by atoms with Crippen LogP contribution in [0.1, 0.15) is 16.7 Å². The predicted octanol–water partition coefficient (Wildman–Crippen LogP) is 5.46. The van der Waals surface area contributed by atoms with Crippen molar-refractivity contribution in [3.8, 4) is 11.5 Å². The van der Waals surface area contributed by atoms with Gasteiger partial charge in [-0.1, -0.05) is 15.9 Å². The van der Waals surface area contributed by atoms with Crippen LogP contribution in [0.4, 0.5) is 18.9 Å². The molecule has 0 saturated heterocycles. The Balaban J connectivity index is 2.32. The van der Waals surface area contributed by atoms with Crippen LogP contribution in [0.3, 0.4) is 0 Å². The fourth-order valence-electron chi connectivity index (χ4n) is 1.91. The fourth-order valence-corrected chi connectivity index (χ4v) is 2.14. The Morgan fingerprint density at radius 3 is 2.10 bits per heavy atom. The summed E-state index contributed by atoms with van der Waals surface area (Å²) in [5.74, 6) is 0.726. The maximum atomic E-state index is 12.6. The molecule has 112 valence electrons. The van der Waals surface area contributed by atoms with Gasteiger partial charge >= 0.3 is 6.18 Å². The van der Waals surface area contributed by atoms with Gasteiger partial charge in [-0.2, -0.15) is 13.2 Å². The van der Waals surface area contributed by atoms with Gasteiger partial charge < -0.3 is 10.5 Å². The Labute approximate surface area is 128 Å². The van der Waals surface area contributed by atoms with E-state index in [1.807, 2.05) is 13.8 Å². The Hall–Kier alpha value is -1.69. The molecule has 0 atom stereocenters. The van der Waals surface area contributed by atoms with Crippen LogP contribution < -0.4 is 10.5 Å². The highest BCUT2D eigenvalue weighted by Gasteiger charge is 2.31. The van der Waals surface area contributed by atoms with Gasteiger partial charge in [-0.15, -0.1) is 0 Å². The molecule has 2 N–H and O–H groups in total. The van der Waals surface area contributed by atoms with Crippen molar-refractivity contribution in [2.24, 2.45) is 0 Å². The van der Waals surface area contributed by atoms with Crippen LogP contribution in [-0.4, -0.2) is 0 Å². The van der Waals surface area contributed by atoms with E-state index in [9.17, 15) is 13.2 Å². The lowest BCUT2D eigenvalue weighted by molar-refractivity contribution is -0.137. The van der Waals surface area contributed by atoms with E-state index in [0.29, 0.717) is 5.75 Å². The number of rotatable bonds is 2. The third kappa shape index (κ3) is 3.50. The highest BCUT2D eigenvalue weighted by atomic mass is 79.9. The number of aryl methyl sites for hydroxylation is 2. The first-order chi connectivity index (χ1) is 9.68. The molecule has 2 rings (SSSR count). The van der Waals surface area contributed by atoms with Crippen molar-refractivity contribution in [3.63, 3.8) is 0 Å². The number of anilines is 1. The Kier molecular flexibility index (Phi) is 4.18. The van der Waals surface area contributed by atoms with Crippen LogP contribution in [-0.2, 0) is 6.18 Å². The smallest absolute Gasteiger partial charge is 0.416 e. The van der Waals surface area contributed by atoms with E-state index in [1.165, 1.54) is 6.07 Å². The number of nitrogens with two attached hydrogens (primary N) is 1. The van der Waals surface area contributed by atoms with Crippen molar-refractivity contribution in [2.75, 3.05) is 5.73 Å². The number of alkyl halides is 3. The number of ether oxygens (including phenoxy) is 1. The van der Waals surface area contributed by atoms with Crippen LogP contribution in [0.2, 0.25) is 0 Å². The van der Waals surface area contributed by atoms with E-state index < -0.39 is 11.7 Å². The highest BCUT2D eigenvalue weighted by Crippen LogP contribution is 2.36. The van der Waals surface area contributed by atoms with Gasteiger partial charge in [-0.25, -0.2) is 0 Å². The first kappa shape index (κ1) is 15.7. The number of hydrogen-bond acceptors (Lipinski definition) is 2. The summed E-state index contributed by atoms with van der Waals surface area (Å²) in [4.78, 5) is 0. The van der Waals surface area contributed by atoms with Crippen LogP contribution in [0.5, 0.6) is 11.5 Å². The maximum Gasteiger partial charge on any atom is 0.416 e. The molecule has 2 aromatic rings. The van der Waals surface area contributed by atoms with Gasteiger partial charge in [0.15, 0.2) is 0 Å². The summed E-state index contributed by atoms with van der Waals surface area (Å²) in [6, 6.07) is 6.62. The molecule has 6 heteroatoms. The molecule has 0 radical (unpaired) electrons. The SMILES string of the molecule is Cc1cc(Oc2ccc(C(F)(F)F)cc2N)cc(C)c1Br. The molecule has 2 nitrogen and oxygen atoms in total. The van der Waals surface area contributed by atoms with Crippen LogP contribution in [0.15, 0.2) is 34.8 Å². The summed E-state index contributed by atoms with van der Waals surface area (Å²) >= 11 is 3.44. The van der Waals surface area contributed by atoms with Crippen LogP contribution >= 0.6 is 15.9 Å². The monoisotopic (exact) mass is 359 g/mol. The maximum absolute atomic E-state index is 12.6. The van der Waals surface area contributed by atoms with E-state index >= 15 is 0 Å². The van der Waals surface area contributed by atoms with Crippen molar-refractivity contribution in [1.82, 2.24) is 0 Å². The van der Waals surface area contributed by atoms with E-state index in [4.69, 9.17) is 10.5 Å². The minimum atomic E-state index is -4.42. The summed E-state index contributed by atoms with van der Waals surface area (Å²) in [5.41, 5.74) is 6.73. The molecule has 0 amide bonds. The largest absolute Gasteiger partial charge is 0.455 e. The van der Waals surface area contributed by atoms with Crippen molar-refractivity contribution in [1.29, 1.82) is 0 Å². The summed E-state index contributed by atoms with van der Waals surface area (Å²) < 4.78 is 44.3. The van der Waals surface area contributed by atoms with Crippen molar-refractivity contribution < 1.29 is 17.9 Å². The molecule has 0 aliphatic carbocycles. The van der Waals surface area contributed by atoms with Crippen molar-refractivity contribution in [3.05, 3.63) is 51.5 Å². The lowest BCUT2D eigenvalue weighted by Crippen LogP contribution is -2.06. The van der Waals surface area contributed by atoms with Crippen LogP contribution in [0, 0.1) is 13.8 Å². The zero-order chi connectivity index (χ0) is 15.8. The summed E-state index contributed by atoms with van der Waals surface area (Å²) in [6.45, 7) is 3.81. The first-order valence-corrected chi connectivity index (χ1v) is 6.89. The Bertz CT molecular complexity index is 660. The molecule has 0 fully saturated rings. The third-order valence-electron chi connectivity index (χ3n) is 2.97. The van der Waals surface area contributed by atoms with Gasteiger partial charge in [-0.3, -0.25) is 0 Å². The van der Waals surface area contributed by atoms with Gasteiger partial charge in [0.05, 0.1) is 11.3 Å². The lowest BCUT2D eigenvalue weighted by atomic mass is 10.1. The molecule has 0 bridgehead atoms. The molecule has 2 aromatic carbocycles. The summed E-state index contributed by atoms with van der Waals surface area (Å²) in [6.07, 6.45) is -4.42. The molecule has 0 heterocycles. The second kappa shape index (κ2) is 5.60. The fraction of sp³-hybridized carbons (Fsp3) is 0.200. The van der Waals surface area contributed by atoms with Gasteiger partial charge in [0.1, 0.15) is 11.5 Å². The predicted molar refractivity (Wildman–Crippen MR) is 79.5 cm³/mol. The standard InChI is InChI=1S/C15H13BrF3NO/c1-8-5-11(6-9(2)14(8)16)21-13-4-3-10(7-12(13)20)15(17,18)19/h3-7H,20H2,1-2H3. The minimum absolute atomic E-state index is 0.0527. The van der Waals surface area contributed by atoms with Crippen LogP contribution in [0.25, 0.3) is 0 Å². The van der Waals surface area contributed by atoms with Gasteiger partial charge in [0.25, 0.3) is 0 Å². The minimum Gasteiger partial charge on any atom is -0.455 e. The van der Waals surface area contributed by atoms with Gasteiger partial charge in [-0.05, 0) is 55.3 Å². The van der Waals surface area contributed by atoms with E-state index in [-0.39, 0.29) is 11.4 Å². The molecule has 0 spiro atoms. The molecule has 0 aliphatic rings. The average Bonchev–Trinajstić information content (AvgIpc) is 2.37. The molecular weight excluding hydrogens is 347 g/mol. The molecule has 0 unspecified atom stereocenters. The van der Waals surface area contributed by atoms with Crippen molar-refractivity contribution >= 4 is 21.6 Å². The molecule has 21 heavy (non-hydrogen) atoms. The van der Waals surface area contributed by atoms with Crippen molar-refractivity contribution in [2.45, 2.75) is 20.0 Å². The number of benzene rings is 2. The van der Waals surface area contributed by atoms with E-state index in [1.54, 1.807) is 12.1 Å². The second-order valence-electron chi connectivity index (χ2n) is 4.72. The molecular formula is C15H13BrF3NO. The third-order valence-corrected chi connectivity index (χ3v) is 4.23. The summed E-state index contributed by atoms with van der Waals surface area (Å²) in [5, 5.41) is 0. The Morgan fingerprint density at radius 2 is 1.62 bits per heavy atom. The zero-order valence-electron chi connectivity index (χ0n) is 11.4. The second-order valence-corrected chi connectivity index (χ2v) is 5.52. The van der Waals surface area contributed by atoms with E-state index in [2.05, 4.69) is 15.9 Å². The normalized spacial score (nSPS) is 11.5. The highest BCUT2D eigenvalue weighted by molar-refractivity contribution is 9.10.